The maximum Gasteiger partial charge on any atom is 0.131 e. The van der Waals surface area contributed by atoms with Crippen LogP contribution in [0.15, 0.2) is 18.2 Å². The summed E-state index contributed by atoms with van der Waals surface area (Å²) in [6.45, 7) is 6.29. The molecule has 1 fully saturated rings. The number of benzene rings is 1. The fourth-order valence-electron chi connectivity index (χ4n) is 3.11. The van der Waals surface area contributed by atoms with Crippen molar-refractivity contribution in [3.05, 3.63) is 29.6 Å². The van der Waals surface area contributed by atoms with Crippen molar-refractivity contribution in [1.29, 1.82) is 0 Å². The van der Waals surface area contributed by atoms with Crippen molar-refractivity contribution >= 4 is 0 Å². The molecule has 1 aromatic carbocycles. The van der Waals surface area contributed by atoms with Crippen LogP contribution in [0, 0.1) is 17.7 Å². The van der Waals surface area contributed by atoms with Gasteiger partial charge in [-0.2, -0.15) is 0 Å². The molecule has 106 valence electrons. The summed E-state index contributed by atoms with van der Waals surface area (Å²) in [6.07, 6.45) is 3.58. The first kappa shape index (κ1) is 14.3. The van der Waals surface area contributed by atoms with Gasteiger partial charge in [0.05, 0.1) is 6.10 Å². The Hall–Kier alpha value is -1.09. The molecule has 3 atom stereocenters. The first-order valence-electron chi connectivity index (χ1n) is 7.17. The van der Waals surface area contributed by atoms with Crippen molar-refractivity contribution in [1.82, 2.24) is 0 Å². The second kappa shape index (κ2) is 5.91. The minimum Gasteiger partial charge on any atom is -0.490 e. The molecule has 0 aliphatic heterocycles. The van der Waals surface area contributed by atoms with Crippen LogP contribution in [0.5, 0.6) is 5.75 Å². The summed E-state index contributed by atoms with van der Waals surface area (Å²) in [7, 11) is 0. The predicted molar refractivity (Wildman–Crippen MR) is 75.6 cm³/mol. The van der Waals surface area contributed by atoms with Crippen LogP contribution in [-0.2, 0) is 0 Å². The van der Waals surface area contributed by atoms with Crippen LogP contribution in [0.3, 0.4) is 0 Å². The minimum absolute atomic E-state index is 0.208. The van der Waals surface area contributed by atoms with E-state index in [-0.39, 0.29) is 18.0 Å². The van der Waals surface area contributed by atoms with Gasteiger partial charge in [0, 0.05) is 17.7 Å². The summed E-state index contributed by atoms with van der Waals surface area (Å²) < 4.78 is 19.8. The molecule has 0 radical (unpaired) electrons. The molecule has 2 nitrogen and oxygen atoms in total. The summed E-state index contributed by atoms with van der Waals surface area (Å²) in [4.78, 5) is 0. The summed E-state index contributed by atoms with van der Waals surface area (Å²) in [5.74, 6) is 1.71. The van der Waals surface area contributed by atoms with E-state index in [9.17, 15) is 4.39 Å². The zero-order valence-corrected chi connectivity index (χ0v) is 12.0. The average Bonchev–Trinajstić information content (AvgIpc) is 2.26. The van der Waals surface area contributed by atoms with Gasteiger partial charge in [0.2, 0.25) is 0 Å². The SMILES string of the molecule is CC1CC(C)CC(Oc2ccc([C@@H](C)N)c(F)c2)C1. The van der Waals surface area contributed by atoms with E-state index >= 15 is 0 Å². The molecule has 0 heterocycles. The molecule has 2 unspecified atom stereocenters. The molecule has 2 N–H and O–H groups in total. The van der Waals surface area contributed by atoms with Gasteiger partial charge in [0.25, 0.3) is 0 Å². The molecule has 0 bridgehead atoms. The third-order valence-corrected chi connectivity index (χ3v) is 3.90. The van der Waals surface area contributed by atoms with Crippen LogP contribution < -0.4 is 10.5 Å². The molecule has 2 rings (SSSR count). The smallest absolute Gasteiger partial charge is 0.131 e. The van der Waals surface area contributed by atoms with Gasteiger partial charge in [-0.3, -0.25) is 0 Å². The molecular weight excluding hydrogens is 241 g/mol. The van der Waals surface area contributed by atoms with E-state index in [0.29, 0.717) is 23.1 Å². The van der Waals surface area contributed by atoms with Gasteiger partial charge in [0.1, 0.15) is 11.6 Å². The monoisotopic (exact) mass is 265 g/mol. The molecule has 0 saturated heterocycles. The van der Waals surface area contributed by atoms with Gasteiger partial charge >= 0.3 is 0 Å². The first-order chi connectivity index (χ1) is 8.95. The minimum atomic E-state index is -0.288. The molecule has 1 aliphatic rings. The molecule has 1 aliphatic carbocycles. The number of halogens is 1. The summed E-state index contributed by atoms with van der Waals surface area (Å²) in [5, 5.41) is 0. The normalized spacial score (nSPS) is 29.0. The summed E-state index contributed by atoms with van der Waals surface area (Å²) in [5.41, 5.74) is 6.24. The Balaban J connectivity index is 2.05. The Morgan fingerprint density at radius 2 is 1.84 bits per heavy atom. The van der Waals surface area contributed by atoms with Crippen LogP contribution in [0.25, 0.3) is 0 Å². The molecule has 0 aromatic heterocycles. The number of rotatable bonds is 3. The highest BCUT2D eigenvalue weighted by Gasteiger charge is 2.25. The van der Waals surface area contributed by atoms with Crippen LogP contribution in [-0.4, -0.2) is 6.10 Å². The Labute approximate surface area is 115 Å². The molecule has 0 amide bonds. The average molecular weight is 265 g/mol. The van der Waals surface area contributed by atoms with Crippen LogP contribution >= 0.6 is 0 Å². The standard InChI is InChI=1S/C16H24FNO/c1-10-6-11(2)8-14(7-10)19-13-4-5-15(12(3)18)16(17)9-13/h4-5,9-12,14H,6-8,18H2,1-3H3/t10?,11?,12-,14?/m1/s1. The summed E-state index contributed by atoms with van der Waals surface area (Å²) >= 11 is 0. The molecule has 3 heteroatoms. The fraction of sp³-hybridized carbons (Fsp3) is 0.625. The van der Waals surface area contributed by atoms with E-state index < -0.39 is 0 Å². The Morgan fingerprint density at radius 1 is 1.21 bits per heavy atom. The Bertz CT molecular complexity index is 423. The number of hydrogen-bond acceptors (Lipinski definition) is 2. The lowest BCUT2D eigenvalue weighted by Gasteiger charge is -2.31. The molecule has 0 spiro atoms. The van der Waals surface area contributed by atoms with Crippen molar-refractivity contribution in [3.8, 4) is 5.75 Å². The second-order valence-electron chi connectivity index (χ2n) is 6.13. The van der Waals surface area contributed by atoms with E-state index in [1.54, 1.807) is 13.0 Å². The van der Waals surface area contributed by atoms with Crippen LogP contribution in [0.1, 0.15) is 51.6 Å². The predicted octanol–water partition coefficient (Wildman–Crippen LogP) is 4.05. The van der Waals surface area contributed by atoms with E-state index in [2.05, 4.69) is 13.8 Å². The Kier molecular flexibility index (Phi) is 4.46. The lowest BCUT2D eigenvalue weighted by molar-refractivity contribution is 0.101. The maximum absolute atomic E-state index is 13.8. The van der Waals surface area contributed by atoms with E-state index in [1.807, 2.05) is 6.07 Å². The third-order valence-electron chi connectivity index (χ3n) is 3.90. The number of ether oxygens (including phenoxy) is 1. The maximum atomic E-state index is 13.8. The van der Waals surface area contributed by atoms with Crippen molar-refractivity contribution < 1.29 is 9.13 Å². The number of hydrogen-bond donors (Lipinski definition) is 1. The highest BCUT2D eigenvalue weighted by molar-refractivity contribution is 5.30. The van der Waals surface area contributed by atoms with E-state index in [4.69, 9.17) is 10.5 Å². The molecule has 1 aromatic rings. The van der Waals surface area contributed by atoms with Gasteiger partial charge in [-0.1, -0.05) is 19.9 Å². The van der Waals surface area contributed by atoms with E-state index in [0.717, 1.165) is 12.8 Å². The van der Waals surface area contributed by atoms with Crippen LogP contribution in [0.4, 0.5) is 4.39 Å². The van der Waals surface area contributed by atoms with Crippen molar-refractivity contribution in [2.75, 3.05) is 0 Å². The third kappa shape index (κ3) is 3.69. The highest BCUT2D eigenvalue weighted by Crippen LogP contribution is 2.32. The van der Waals surface area contributed by atoms with Crippen LogP contribution in [0.2, 0.25) is 0 Å². The van der Waals surface area contributed by atoms with Gasteiger partial charge in [-0.15, -0.1) is 0 Å². The first-order valence-corrected chi connectivity index (χ1v) is 7.17. The topological polar surface area (TPSA) is 35.2 Å². The van der Waals surface area contributed by atoms with Gasteiger partial charge < -0.3 is 10.5 Å². The quantitative estimate of drug-likeness (QED) is 0.895. The Morgan fingerprint density at radius 3 is 2.37 bits per heavy atom. The lowest BCUT2D eigenvalue weighted by Crippen LogP contribution is -2.28. The molecule has 19 heavy (non-hydrogen) atoms. The molecule has 1 saturated carbocycles. The fourth-order valence-corrected chi connectivity index (χ4v) is 3.11. The zero-order valence-electron chi connectivity index (χ0n) is 12.0. The molecular formula is C16H24FNO. The second-order valence-corrected chi connectivity index (χ2v) is 6.13. The van der Waals surface area contributed by atoms with Gasteiger partial charge in [0.15, 0.2) is 0 Å². The zero-order chi connectivity index (χ0) is 14.0. The van der Waals surface area contributed by atoms with Gasteiger partial charge in [-0.25, -0.2) is 4.39 Å². The number of nitrogens with two attached hydrogens (primary N) is 1. The highest BCUT2D eigenvalue weighted by atomic mass is 19.1. The van der Waals surface area contributed by atoms with Crippen molar-refractivity contribution in [3.63, 3.8) is 0 Å². The van der Waals surface area contributed by atoms with Gasteiger partial charge in [-0.05, 0) is 44.1 Å². The van der Waals surface area contributed by atoms with E-state index in [1.165, 1.54) is 12.5 Å². The van der Waals surface area contributed by atoms with Crippen molar-refractivity contribution in [2.45, 2.75) is 52.2 Å². The lowest BCUT2D eigenvalue weighted by atomic mass is 9.82. The summed E-state index contributed by atoms with van der Waals surface area (Å²) in [6, 6.07) is 4.73. The largest absolute Gasteiger partial charge is 0.490 e. The van der Waals surface area contributed by atoms with Crippen molar-refractivity contribution in [2.24, 2.45) is 17.6 Å².